The molecule has 0 fully saturated rings. The van der Waals surface area contributed by atoms with Gasteiger partial charge in [0.05, 0.1) is 11.6 Å². The van der Waals surface area contributed by atoms with Gasteiger partial charge < -0.3 is 14.0 Å². The molecule has 0 aliphatic carbocycles. The first-order valence-corrected chi connectivity index (χ1v) is 6.78. The van der Waals surface area contributed by atoms with Crippen LogP contribution in [0, 0.1) is 0 Å². The standard InChI is InChI=1S/C13H15BrN2O3/c1-3-6-19-8-16-5-4-9-7-10(14)11(13(17)18-2)15-12(9)16/h4-5,7H,3,6,8H2,1-2H3. The van der Waals surface area contributed by atoms with Crippen molar-refractivity contribution in [3.05, 3.63) is 28.5 Å². The monoisotopic (exact) mass is 326 g/mol. The van der Waals surface area contributed by atoms with E-state index in [0.29, 0.717) is 23.5 Å². The molecular formula is C13H15BrN2O3. The molecule has 19 heavy (non-hydrogen) atoms. The van der Waals surface area contributed by atoms with Crippen molar-refractivity contribution >= 4 is 32.9 Å². The second-order valence-corrected chi connectivity index (χ2v) is 4.90. The highest BCUT2D eigenvalue weighted by Gasteiger charge is 2.15. The van der Waals surface area contributed by atoms with Crippen molar-refractivity contribution in [2.75, 3.05) is 13.7 Å². The van der Waals surface area contributed by atoms with Gasteiger partial charge in [-0.2, -0.15) is 0 Å². The maximum atomic E-state index is 11.6. The van der Waals surface area contributed by atoms with Crippen LogP contribution in [0.25, 0.3) is 11.0 Å². The van der Waals surface area contributed by atoms with Crippen molar-refractivity contribution in [3.63, 3.8) is 0 Å². The maximum absolute atomic E-state index is 11.6. The van der Waals surface area contributed by atoms with Gasteiger partial charge in [-0.3, -0.25) is 0 Å². The van der Waals surface area contributed by atoms with Crippen molar-refractivity contribution < 1.29 is 14.3 Å². The van der Waals surface area contributed by atoms with Crippen molar-refractivity contribution in [2.45, 2.75) is 20.1 Å². The number of carbonyl (C=O) groups is 1. The lowest BCUT2D eigenvalue weighted by Gasteiger charge is -2.07. The van der Waals surface area contributed by atoms with E-state index in [1.165, 1.54) is 7.11 Å². The van der Waals surface area contributed by atoms with Crippen LogP contribution in [0.15, 0.2) is 22.8 Å². The fourth-order valence-corrected chi connectivity index (χ4v) is 2.24. The van der Waals surface area contributed by atoms with Crippen LogP contribution in [-0.4, -0.2) is 29.2 Å². The van der Waals surface area contributed by atoms with Crippen LogP contribution < -0.4 is 0 Å². The highest BCUT2D eigenvalue weighted by atomic mass is 79.9. The smallest absolute Gasteiger partial charge is 0.357 e. The van der Waals surface area contributed by atoms with E-state index in [0.717, 1.165) is 11.8 Å². The summed E-state index contributed by atoms with van der Waals surface area (Å²) >= 11 is 3.33. The summed E-state index contributed by atoms with van der Waals surface area (Å²) in [5.41, 5.74) is 0.977. The van der Waals surface area contributed by atoms with Crippen LogP contribution in [-0.2, 0) is 16.2 Å². The third-order valence-corrected chi connectivity index (χ3v) is 3.25. The SMILES string of the molecule is CCCOCn1ccc2cc(Br)c(C(=O)OC)nc21. The molecule has 2 aromatic heterocycles. The second-order valence-electron chi connectivity index (χ2n) is 4.05. The third-order valence-electron chi connectivity index (χ3n) is 2.65. The largest absolute Gasteiger partial charge is 0.464 e. The molecule has 0 aromatic carbocycles. The number of hydrogen-bond acceptors (Lipinski definition) is 4. The van der Waals surface area contributed by atoms with Crippen LogP contribution >= 0.6 is 15.9 Å². The Hall–Kier alpha value is -1.40. The molecule has 0 N–H and O–H groups in total. The predicted molar refractivity (Wildman–Crippen MR) is 75.0 cm³/mol. The van der Waals surface area contributed by atoms with E-state index in [2.05, 4.69) is 27.8 Å². The molecular weight excluding hydrogens is 312 g/mol. The summed E-state index contributed by atoms with van der Waals surface area (Å²) in [4.78, 5) is 16.0. The zero-order chi connectivity index (χ0) is 13.8. The van der Waals surface area contributed by atoms with E-state index >= 15 is 0 Å². The summed E-state index contributed by atoms with van der Waals surface area (Å²) in [6.45, 7) is 3.17. The van der Waals surface area contributed by atoms with E-state index < -0.39 is 5.97 Å². The third kappa shape index (κ3) is 2.96. The van der Waals surface area contributed by atoms with Crippen molar-refractivity contribution in [3.8, 4) is 0 Å². The van der Waals surface area contributed by atoms with Gasteiger partial charge in [-0.25, -0.2) is 9.78 Å². The summed E-state index contributed by atoms with van der Waals surface area (Å²) < 4.78 is 12.7. The van der Waals surface area contributed by atoms with Crippen LogP contribution in [0.4, 0.5) is 0 Å². The van der Waals surface area contributed by atoms with Crippen LogP contribution in [0.5, 0.6) is 0 Å². The van der Waals surface area contributed by atoms with Crippen LogP contribution in [0.1, 0.15) is 23.8 Å². The molecule has 0 bridgehead atoms. The highest BCUT2D eigenvalue weighted by molar-refractivity contribution is 9.10. The molecule has 0 aliphatic heterocycles. The molecule has 0 atom stereocenters. The van der Waals surface area contributed by atoms with Gasteiger partial charge in [0, 0.05) is 18.2 Å². The van der Waals surface area contributed by atoms with E-state index in [-0.39, 0.29) is 5.69 Å². The van der Waals surface area contributed by atoms with Gasteiger partial charge in [-0.1, -0.05) is 6.92 Å². The number of aromatic nitrogens is 2. The topological polar surface area (TPSA) is 53.4 Å². The van der Waals surface area contributed by atoms with E-state index in [4.69, 9.17) is 9.47 Å². The van der Waals surface area contributed by atoms with Gasteiger partial charge in [0.1, 0.15) is 12.4 Å². The summed E-state index contributed by atoms with van der Waals surface area (Å²) in [7, 11) is 1.34. The summed E-state index contributed by atoms with van der Waals surface area (Å²) in [6, 6.07) is 3.79. The molecule has 2 rings (SSSR count). The number of methoxy groups -OCH3 is 1. The Morgan fingerprint density at radius 3 is 3.00 bits per heavy atom. The Morgan fingerprint density at radius 1 is 1.53 bits per heavy atom. The number of ether oxygens (including phenoxy) is 2. The lowest BCUT2D eigenvalue weighted by Crippen LogP contribution is -2.08. The first kappa shape index (κ1) is 14.0. The van der Waals surface area contributed by atoms with Gasteiger partial charge in [-0.05, 0) is 34.5 Å². The summed E-state index contributed by atoms with van der Waals surface area (Å²) in [6.07, 6.45) is 2.85. The summed E-state index contributed by atoms with van der Waals surface area (Å²) in [5, 5.41) is 0.944. The quantitative estimate of drug-likeness (QED) is 0.626. The van der Waals surface area contributed by atoms with E-state index in [9.17, 15) is 4.79 Å². The molecule has 5 nitrogen and oxygen atoms in total. The Morgan fingerprint density at radius 2 is 2.32 bits per heavy atom. The Kier molecular flexibility index (Phi) is 4.55. The van der Waals surface area contributed by atoms with Crippen molar-refractivity contribution in [1.82, 2.24) is 9.55 Å². The number of nitrogens with zero attached hydrogens (tertiary/aromatic N) is 2. The molecule has 0 radical (unpaired) electrons. The summed E-state index contributed by atoms with van der Waals surface area (Å²) in [5.74, 6) is -0.462. The van der Waals surface area contributed by atoms with Crippen LogP contribution in [0.3, 0.4) is 0 Å². The van der Waals surface area contributed by atoms with Gasteiger partial charge in [0.25, 0.3) is 0 Å². The molecule has 6 heteroatoms. The zero-order valence-electron chi connectivity index (χ0n) is 10.9. The Labute approximate surface area is 119 Å². The minimum absolute atomic E-state index is 0.269. The van der Waals surface area contributed by atoms with Crippen molar-refractivity contribution in [2.24, 2.45) is 0 Å². The molecule has 2 aromatic rings. The fraction of sp³-hybridized carbons (Fsp3) is 0.385. The number of halogens is 1. The Bertz CT molecular complexity index is 595. The molecule has 0 saturated carbocycles. The molecule has 0 unspecified atom stereocenters. The Balaban J connectivity index is 2.37. The normalized spacial score (nSPS) is 10.9. The van der Waals surface area contributed by atoms with Gasteiger partial charge >= 0.3 is 5.97 Å². The minimum atomic E-state index is -0.462. The zero-order valence-corrected chi connectivity index (χ0v) is 12.4. The molecule has 102 valence electrons. The number of pyridine rings is 1. The molecule has 0 saturated heterocycles. The number of carbonyl (C=O) groups excluding carboxylic acids is 1. The number of rotatable bonds is 5. The predicted octanol–water partition coefficient (Wildman–Crippen LogP) is 2.97. The first-order valence-electron chi connectivity index (χ1n) is 5.98. The minimum Gasteiger partial charge on any atom is -0.464 e. The van der Waals surface area contributed by atoms with E-state index in [1.807, 2.05) is 22.9 Å². The molecule has 0 spiro atoms. The maximum Gasteiger partial charge on any atom is 0.357 e. The van der Waals surface area contributed by atoms with E-state index in [1.54, 1.807) is 0 Å². The number of esters is 1. The van der Waals surface area contributed by atoms with Gasteiger partial charge in [0.2, 0.25) is 0 Å². The average molecular weight is 327 g/mol. The highest BCUT2D eigenvalue weighted by Crippen LogP contribution is 2.23. The number of hydrogen-bond donors (Lipinski definition) is 0. The van der Waals surface area contributed by atoms with Gasteiger partial charge in [0.15, 0.2) is 5.69 Å². The second kappa shape index (κ2) is 6.16. The lowest BCUT2D eigenvalue weighted by atomic mass is 10.3. The first-order chi connectivity index (χ1) is 9.17. The van der Waals surface area contributed by atoms with Gasteiger partial charge in [-0.15, -0.1) is 0 Å². The fourth-order valence-electron chi connectivity index (χ4n) is 1.74. The van der Waals surface area contributed by atoms with Crippen LogP contribution in [0.2, 0.25) is 0 Å². The number of fused-ring (bicyclic) bond motifs is 1. The van der Waals surface area contributed by atoms with Crippen molar-refractivity contribution in [1.29, 1.82) is 0 Å². The average Bonchev–Trinajstić information content (AvgIpc) is 2.79. The molecule has 2 heterocycles. The molecule has 0 aliphatic rings. The lowest BCUT2D eigenvalue weighted by molar-refractivity contribution is 0.0592. The molecule has 0 amide bonds.